The standard InChI is InChI=1S/C26H30Cl2N8O4S/c1-34-5-6-36-16-7-14(29)15(8-17(16)40-11-22(36)41-13-34)32-20-10-21(31-12-30-20)35(2)26(37)33-25-23(27)18(38-3)9-19(39-4)24(25)28/h7-10,12,22H,5-6,11,13,29H2,1-4H3,(H,33,37)(H,30,31,32)/t22-/m0/s1. The average molecular weight is 622 g/mol. The smallest absolute Gasteiger partial charge is 0.327 e. The third kappa shape index (κ3) is 5.94. The molecule has 2 aromatic carbocycles. The fourth-order valence-electron chi connectivity index (χ4n) is 4.42. The Morgan fingerprint density at radius 1 is 1.15 bits per heavy atom. The van der Waals surface area contributed by atoms with Gasteiger partial charge < -0.3 is 35.5 Å². The largest absolute Gasteiger partial charge is 0.495 e. The van der Waals surface area contributed by atoms with E-state index in [-0.39, 0.29) is 21.1 Å². The summed E-state index contributed by atoms with van der Waals surface area (Å²) in [5.41, 5.74) is 8.74. The molecule has 0 unspecified atom stereocenters. The molecule has 2 aliphatic heterocycles. The molecule has 12 nitrogen and oxygen atoms in total. The van der Waals surface area contributed by atoms with Gasteiger partial charge in [-0.05, 0) is 13.1 Å². The van der Waals surface area contributed by atoms with E-state index in [4.69, 9.17) is 43.1 Å². The number of nitrogens with two attached hydrogens (primary N) is 1. The number of nitrogen functional groups attached to an aromatic ring is 1. The quantitative estimate of drug-likeness (QED) is 0.323. The number of carbonyl (C=O) groups is 1. The molecule has 1 aromatic heterocycles. The van der Waals surface area contributed by atoms with Gasteiger partial charge in [0.05, 0.1) is 37.0 Å². The molecule has 0 bridgehead atoms. The molecule has 1 atom stereocenters. The number of thioether (sulfide) groups is 1. The lowest BCUT2D eigenvalue weighted by molar-refractivity contribution is 0.258. The molecule has 3 aromatic rings. The van der Waals surface area contributed by atoms with Crippen molar-refractivity contribution in [2.45, 2.75) is 5.37 Å². The number of amides is 2. The summed E-state index contributed by atoms with van der Waals surface area (Å²) in [6.07, 6.45) is 1.34. The van der Waals surface area contributed by atoms with Crippen LogP contribution in [-0.4, -0.2) is 80.2 Å². The molecule has 0 spiro atoms. The lowest BCUT2D eigenvalue weighted by Crippen LogP contribution is -2.41. The van der Waals surface area contributed by atoms with Gasteiger partial charge in [-0.3, -0.25) is 9.80 Å². The van der Waals surface area contributed by atoms with E-state index >= 15 is 0 Å². The number of methoxy groups -OCH3 is 2. The highest BCUT2D eigenvalue weighted by atomic mass is 35.5. The molecular weight excluding hydrogens is 591 g/mol. The van der Waals surface area contributed by atoms with Crippen LogP contribution in [0, 0.1) is 0 Å². The van der Waals surface area contributed by atoms with Crippen LogP contribution in [0.15, 0.2) is 30.6 Å². The van der Waals surface area contributed by atoms with Crippen molar-refractivity contribution in [2.75, 3.05) is 80.1 Å². The second-order valence-corrected chi connectivity index (χ2v) is 11.3. The van der Waals surface area contributed by atoms with Crippen LogP contribution < -0.4 is 40.4 Å². The summed E-state index contributed by atoms with van der Waals surface area (Å²) >= 11 is 14.7. The minimum Gasteiger partial charge on any atom is -0.495 e. The first-order chi connectivity index (χ1) is 19.7. The highest BCUT2D eigenvalue weighted by Crippen LogP contribution is 2.45. The zero-order valence-electron chi connectivity index (χ0n) is 22.9. The number of rotatable bonds is 6. The van der Waals surface area contributed by atoms with E-state index in [9.17, 15) is 4.79 Å². The van der Waals surface area contributed by atoms with Crippen molar-refractivity contribution in [3.8, 4) is 17.2 Å². The van der Waals surface area contributed by atoms with E-state index in [2.05, 4.69) is 37.4 Å². The van der Waals surface area contributed by atoms with Crippen molar-refractivity contribution in [1.29, 1.82) is 0 Å². The summed E-state index contributed by atoms with van der Waals surface area (Å²) < 4.78 is 16.7. The molecule has 4 N–H and O–H groups in total. The number of nitrogens with one attached hydrogen (secondary N) is 2. The third-order valence-electron chi connectivity index (χ3n) is 6.75. The van der Waals surface area contributed by atoms with Crippen molar-refractivity contribution in [3.05, 3.63) is 40.6 Å². The topological polar surface area (TPSA) is 130 Å². The number of urea groups is 1. The number of likely N-dealkylation sites (N-methyl/N-ethyl adjacent to an activating group) is 1. The first-order valence-corrected chi connectivity index (χ1v) is 14.4. The highest BCUT2D eigenvalue weighted by Gasteiger charge is 2.31. The number of ether oxygens (including phenoxy) is 3. The second-order valence-electron chi connectivity index (χ2n) is 9.40. The Bertz CT molecular complexity index is 1440. The summed E-state index contributed by atoms with van der Waals surface area (Å²) in [6, 6.07) is 6.40. The number of hydrogen-bond acceptors (Lipinski definition) is 11. The molecule has 1 fully saturated rings. The van der Waals surface area contributed by atoms with Crippen molar-refractivity contribution in [3.63, 3.8) is 0 Å². The van der Waals surface area contributed by atoms with Gasteiger partial charge in [0.1, 0.15) is 57.2 Å². The maximum atomic E-state index is 13.2. The average Bonchev–Trinajstić information content (AvgIpc) is 3.17. The van der Waals surface area contributed by atoms with Gasteiger partial charge in [0.15, 0.2) is 0 Å². The van der Waals surface area contributed by atoms with Crippen LogP contribution in [0.4, 0.5) is 39.2 Å². The molecule has 0 radical (unpaired) electrons. The summed E-state index contributed by atoms with van der Waals surface area (Å²) in [5.74, 6) is 3.03. The Labute approximate surface area is 252 Å². The van der Waals surface area contributed by atoms with Gasteiger partial charge in [0.25, 0.3) is 0 Å². The number of benzene rings is 2. The molecule has 0 saturated carbocycles. The molecule has 41 heavy (non-hydrogen) atoms. The second kappa shape index (κ2) is 12.1. The summed E-state index contributed by atoms with van der Waals surface area (Å²) in [7, 11) is 6.57. The van der Waals surface area contributed by atoms with Gasteiger partial charge in [-0.15, -0.1) is 11.8 Å². The minimum atomic E-state index is -0.550. The molecule has 2 amide bonds. The monoisotopic (exact) mass is 620 g/mol. The van der Waals surface area contributed by atoms with Crippen LogP contribution >= 0.6 is 35.0 Å². The SMILES string of the molecule is COc1cc(OC)c(Cl)c(NC(=O)N(C)c2cc(Nc3cc4c(cc3N)N3CCN(C)CS[C@H]3CO4)ncn2)c1Cl. The third-order valence-corrected chi connectivity index (χ3v) is 8.86. The molecule has 2 aliphatic rings. The zero-order chi connectivity index (χ0) is 29.3. The van der Waals surface area contributed by atoms with E-state index in [0.29, 0.717) is 41.1 Å². The van der Waals surface area contributed by atoms with Crippen molar-refractivity contribution >= 4 is 75.4 Å². The van der Waals surface area contributed by atoms with Crippen molar-refractivity contribution in [2.24, 2.45) is 0 Å². The van der Waals surface area contributed by atoms with Crippen LogP contribution in [0.1, 0.15) is 0 Å². The normalized spacial score (nSPS) is 16.5. The molecule has 218 valence electrons. The van der Waals surface area contributed by atoms with Gasteiger partial charge in [-0.25, -0.2) is 14.8 Å². The fraction of sp³-hybridized carbons (Fsp3) is 0.346. The van der Waals surface area contributed by atoms with E-state index < -0.39 is 6.03 Å². The Hall–Kier alpha value is -3.52. The predicted octanol–water partition coefficient (Wildman–Crippen LogP) is 4.96. The Morgan fingerprint density at radius 2 is 1.88 bits per heavy atom. The molecule has 3 heterocycles. The molecule has 1 saturated heterocycles. The number of fused-ring (bicyclic) bond motifs is 3. The van der Waals surface area contributed by atoms with Gasteiger partial charge in [-0.1, -0.05) is 23.2 Å². The van der Waals surface area contributed by atoms with Crippen LogP contribution in [0.25, 0.3) is 0 Å². The number of anilines is 6. The maximum absolute atomic E-state index is 13.2. The lowest BCUT2D eigenvalue weighted by Gasteiger charge is -2.37. The molecule has 5 rings (SSSR count). The van der Waals surface area contributed by atoms with E-state index in [1.54, 1.807) is 13.1 Å². The van der Waals surface area contributed by atoms with E-state index in [1.807, 2.05) is 23.9 Å². The number of carbonyl (C=O) groups excluding carboxylic acids is 1. The Kier molecular flexibility index (Phi) is 8.59. The Morgan fingerprint density at radius 3 is 2.59 bits per heavy atom. The van der Waals surface area contributed by atoms with Crippen LogP contribution in [0.2, 0.25) is 10.0 Å². The molecule has 15 heteroatoms. The number of aromatic nitrogens is 2. The number of nitrogens with zero attached hydrogens (tertiary/aromatic N) is 5. The predicted molar refractivity (Wildman–Crippen MR) is 165 cm³/mol. The summed E-state index contributed by atoms with van der Waals surface area (Å²) in [4.78, 5) is 27.6. The Balaban J connectivity index is 1.34. The maximum Gasteiger partial charge on any atom is 0.327 e. The van der Waals surface area contributed by atoms with Crippen LogP contribution in [-0.2, 0) is 0 Å². The first kappa shape index (κ1) is 29.0. The highest BCUT2D eigenvalue weighted by molar-refractivity contribution is 7.99. The van der Waals surface area contributed by atoms with Crippen molar-refractivity contribution < 1.29 is 19.0 Å². The van der Waals surface area contributed by atoms with Gasteiger partial charge >= 0.3 is 6.03 Å². The first-order valence-electron chi connectivity index (χ1n) is 12.6. The van der Waals surface area contributed by atoms with E-state index in [1.165, 1.54) is 31.5 Å². The van der Waals surface area contributed by atoms with Gasteiger partial charge in [0.2, 0.25) is 0 Å². The number of hydrogen-bond donors (Lipinski definition) is 3. The zero-order valence-corrected chi connectivity index (χ0v) is 25.2. The van der Waals surface area contributed by atoms with Gasteiger partial charge in [-0.2, -0.15) is 0 Å². The van der Waals surface area contributed by atoms with E-state index in [0.717, 1.165) is 30.4 Å². The van der Waals surface area contributed by atoms with Crippen LogP contribution in [0.5, 0.6) is 17.2 Å². The lowest BCUT2D eigenvalue weighted by atomic mass is 10.1. The summed E-state index contributed by atoms with van der Waals surface area (Å²) in [5, 5.41) is 6.43. The molecular formula is C26H30Cl2N8O4S. The minimum absolute atomic E-state index is 0.132. The van der Waals surface area contributed by atoms with Crippen LogP contribution in [0.3, 0.4) is 0 Å². The van der Waals surface area contributed by atoms with Crippen molar-refractivity contribution in [1.82, 2.24) is 14.9 Å². The molecule has 0 aliphatic carbocycles. The summed E-state index contributed by atoms with van der Waals surface area (Å²) in [6.45, 7) is 2.43. The van der Waals surface area contributed by atoms with Gasteiger partial charge in [0, 0.05) is 44.2 Å². The fourth-order valence-corrected chi connectivity index (χ4v) is 6.14. The number of halogens is 2.